The lowest BCUT2D eigenvalue weighted by Gasteiger charge is -2.35. The van der Waals surface area contributed by atoms with Crippen molar-refractivity contribution in [1.29, 1.82) is 0 Å². The Morgan fingerprint density at radius 2 is 1.73 bits per heavy atom. The Hall–Kier alpha value is -2.22. The van der Waals surface area contributed by atoms with Crippen LogP contribution in [-0.4, -0.2) is 50.5 Å². The lowest BCUT2D eigenvalue weighted by atomic mass is 10.2. The monoisotopic (exact) mass is 449 g/mol. The highest BCUT2D eigenvalue weighted by atomic mass is 35.5. The van der Waals surface area contributed by atoms with E-state index in [1.54, 1.807) is 28.6 Å². The first kappa shape index (κ1) is 22.5. The number of H-pyrrole nitrogens is 1. The summed E-state index contributed by atoms with van der Waals surface area (Å²) in [5, 5.41) is 1.17. The summed E-state index contributed by atoms with van der Waals surface area (Å²) in [7, 11) is -3.49. The summed E-state index contributed by atoms with van der Waals surface area (Å²) in [6, 6.07) is 15.1. The third-order valence-electron chi connectivity index (χ3n) is 5.37. The van der Waals surface area contributed by atoms with Crippen LogP contribution in [0.4, 0.5) is 5.69 Å². The van der Waals surface area contributed by atoms with Gasteiger partial charge in [-0.3, -0.25) is 0 Å². The lowest BCUT2D eigenvalue weighted by Crippen LogP contribution is -2.48. The van der Waals surface area contributed by atoms with Crippen molar-refractivity contribution in [2.45, 2.75) is 24.7 Å². The van der Waals surface area contributed by atoms with Crippen molar-refractivity contribution >= 4 is 39.0 Å². The maximum absolute atomic E-state index is 13.0. The third kappa shape index (κ3) is 4.74. The molecule has 1 aromatic heterocycles. The SMILES string of the molecule is CCCCOc1ccc(S(=O)(=O)N2CCN(c3ccc4[nH]ccc4c3)CC2)cc1.Cl. The molecule has 162 valence electrons. The van der Waals surface area contributed by atoms with Crippen molar-refractivity contribution in [3.63, 3.8) is 0 Å². The lowest BCUT2D eigenvalue weighted by molar-refractivity contribution is 0.309. The Bertz CT molecular complexity index is 1060. The van der Waals surface area contributed by atoms with Crippen molar-refractivity contribution in [1.82, 2.24) is 9.29 Å². The Kier molecular flexibility index (Phi) is 7.28. The first-order valence-electron chi connectivity index (χ1n) is 10.1. The largest absolute Gasteiger partial charge is 0.494 e. The van der Waals surface area contributed by atoms with Crippen LogP contribution >= 0.6 is 12.4 Å². The van der Waals surface area contributed by atoms with Crippen LogP contribution in [0, 0.1) is 0 Å². The fourth-order valence-electron chi connectivity index (χ4n) is 3.62. The predicted molar refractivity (Wildman–Crippen MR) is 123 cm³/mol. The van der Waals surface area contributed by atoms with Crippen molar-refractivity contribution in [2.75, 3.05) is 37.7 Å². The molecule has 1 aliphatic heterocycles. The molecule has 0 aliphatic carbocycles. The van der Waals surface area contributed by atoms with E-state index in [0.29, 0.717) is 43.4 Å². The van der Waals surface area contributed by atoms with Crippen LogP contribution < -0.4 is 9.64 Å². The van der Waals surface area contributed by atoms with E-state index in [-0.39, 0.29) is 12.4 Å². The number of unbranched alkanes of at least 4 members (excludes halogenated alkanes) is 1. The summed E-state index contributed by atoms with van der Waals surface area (Å²) < 4.78 is 33.2. The van der Waals surface area contributed by atoms with Gasteiger partial charge in [0, 0.05) is 49.0 Å². The van der Waals surface area contributed by atoms with E-state index in [0.717, 1.165) is 24.0 Å². The minimum atomic E-state index is -3.49. The third-order valence-corrected chi connectivity index (χ3v) is 7.28. The number of halogens is 1. The molecule has 1 fully saturated rings. The highest BCUT2D eigenvalue weighted by molar-refractivity contribution is 7.89. The van der Waals surface area contributed by atoms with E-state index in [9.17, 15) is 8.42 Å². The minimum Gasteiger partial charge on any atom is -0.494 e. The maximum Gasteiger partial charge on any atom is 0.243 e. The second-order valence-electron chi connectivity index (χ2n) is 7.31. The van der Waals surface area contributed by atoms with Crippen LogP contribution in [0.1, 0.15) is 19.8 Å². The molecular weight excluding hydrogens is 422 g/mol. The molecule has 0 radical (unpaired) electrons. The molecule has 0 atom stereocenters. The molecule has 0 amide bonds. The number of ether oxygens (including phenoxy) is 1. The van der Waals surface area contributed by atoms with E-state index >= 15 is 0 Å². The standard InChI is InChI=1S/C22H27N3O3S.ClH/c1-2-3-16-28-20-5-7-21(8-6-20)29(26,27)25-14-12-24(13-15-25)19-4-9-22-18(17-19)10-11-23-22;/h4-11,17,23H,2-3,12-16H2,1H3;1H. The molecule has 1 saturated heterocycles. The zero-order valence-corrected chi connectivity index (χ0v) is 18.7. The number of nitrogens with zero attached hydrogens (tertiary/aromatic N) is 2. The summed E-state index contributed by atoms with van der Waals surface area (Å²) >= 11 is 0. The minimum absolute atomic E-state index is 0. The Labute approximate surface area is 184 Å². The van der Waals surface area contributed by atoms with E-state index < -0.39 is 10.0 Å². The molecule has 4 rings (SSSR count). The molecule has 0 spiro atoms. The quantitative estimate of drug-likeness (QED) is 0.547. The van der Waals surface area contributed by atoms with Gasteiger partial charge < -0.3 is 14.6 Å². The van der Waals surface area contributed by atoms with Gasteiger partial charge in [0.05, 0.1) is 11.5 Å². The number of rotatable bonds is 7. The molecule has 2 heterocycles. The number of nitrogens with one attached hydrogen (secondary N) is 1. The fraction of sp³-hybridized carbons (Fsp3) is 0.364. The van der Waals surface area contributed by atoms with Gasteiger partial charge in [0.15, 0.2) is 0 Å². The second-order valence-corrected chi connectivity index (χ2v) is 9.25. The average molecular weight is 450 g/mol. The number of piperazine rings is 1. The summed E-state index contributed by atoms with van der Waals surface area (Å²) in [4.78, 5) is 5.76. The molecular formula is C22H28ClN3O3S. The molecule has 0 bridgehead atoms. The van der Waals surface area contributed by atoms with Crippen LogP contribution in [0.3, 0.4) is 0 Å². The molecule has 0 unspecified atom stereocenters. The van der Waals surface area contributed by atoms with Gasteiger partial charge >= 0.3 is 0 Å². The topological polar surface area (TPSA) is 65.6 Å². The average Bonchev–Trinajstić information content (AvgIpc) is 3.22. The summed E-state index contributed by atoms with van der Waals surface area (Å²) in [5.41, 5.74) is 2.24. The van der Waals surface area contributed by atoms with Gasteiger partial charge in [0.1, 0.15) is 5.75 Å². The van der Waals surface area contributed by atoms with Crippen LogP contribution in [0.25, 0.3) is 10.9 Å². The number of aromatic amines is 1. The van der Waals surface area contributed by atoms with Gasteiger partial charge in [-0.2, -0.15) is 4.31 Å². The number of aromatic nitrogens is 1. The number of hydrogen-bond acceptors (Lipinski definition) is 4. The van der Waals surface area contributed by atoms with Crippen LogP contribution in [-0.2, 0) is 10.0 Å². The number of hydrogen-bond donors (Lipinski definition) is 1. The fourth-order valence-corrected chi connectivity index (χ4v) is 5.04. The van der Waals surface area contributed by atoms with Gasteiger partial charge in [-0.25, -0.2) is 8.42 Å². The Balaban J connectivity index is 0.00000256. The van der Waals surface area contributed by atoms with Gasteiger partial charge in [0.25, 0.3) is 0 Å². The number of benzene rings is 2. The van der Waals surface area contributed by atoms with Crippen molar-refractivity contribution in [3.05, 3.63) is 54.7 Å². The number of fused-ring (bicyclic) bond motifs is 1. The smallest absolute Gasteiger partial charge is 0.243 e. The molecule has 6 nitrogen and oxygen atoms in total. The Morgan fingerprint density at radius 3 is 2.43 bits per heavy atom. The van der Waals surface area contributed by atoms with Gasteiger partial charge in [-0.05, 0) is 55.0 Å². The number of sulfonamides is 1. The molecule has 1 aliphatic rings. The van der Waals surface area contributed by atoms with E-state index in [2.05, 4.69) is 41.1 Å². The normalized spacial score (nSPS) is 15.2. The van der Waals surface area contributed by atoms with Crippen LogP contribution in [0.2, 0.25) is 0 Å². The molecule has 1 N–H and O–H groups in total. The van der Waals surface area contributed by atoms with E-state index in [1.807, 2.05) is 6.20 Å². The highest BCUT2D eigenvalue weighted by Gasteiger charge is 2.28. The summed E-state index contributed by atoms with van der Waals surface area (Å²) in [6.45, 7) is 5.06. The summed E-state index contributed by atoms with van der Waals surface area (Å²) in [6.07, 6.45) is 3.98. The zero-order chi connectivity index (χ0) is 20.3. The predicted octanol–water partition coefficient (Wildman–Crippen LogP) is 4.28. The first-order chi connectivity index (χ1) is 14.1. The highest BCUT2D eigenvalue weighted by Crippen LogP contribution is 2.25. The van der Waals surface area contributed by atoms with Gasteiger partial charge in [-0.1, -0.05) is 13.3 Å². The zero-order valence-electron chi connectivity index (χ0n) is 17.1. The molecule has 2 aromatic carbocycles. The van der Waals surface area contributed by atoms with Gasteiger partial charge in [-0.15, -0.1) is 12.4 Å². The number of anilines is 1. The Morgan fingerprint density at radius 1 is 1.00 bits per heavy atom. The second kappa shape index (κ2) is 9.73. The van der Waals surface area contributed by atoms with Gasteiger partial charge in [0.2, 0.25) is 10.0 Å². The van der Waals surface area contributed by atoms with Crippen LogP contribution in [0.15, 0.2) is 59.6 Å². The molecule has 30 heavy (non-hydrogen) atoms. The molecule has 0 saturated carbocycles. The molecule has 8 heteroatoms. The first-order valence-corrected chi connectivity index (χ1v) is 11.6. The van der Waals surface area contributed by atoms with E-state index in [4.69, 9.17) is 4.74 Å². The van der Waals surface area contributed by atoms with Crippen molar-refractivity contribution < 1.29 is 13.2 Å². The summed E-state index contributed by atoms with van der Waals surface area (Å²) in [5.74, 6) is 0.711. The van der Waals surface area contributed by atoms with Crippen molar-refractivity contribution in [3.8, 4) is 5.75 Å². The van der Waals surface area contributed by atoms with Crippen LogP contribution in [0.5, 0.6) is 5.75 Å². The maximum atomic E-state index is 13.0. The van der Waals surface area contributed by atoms with Crippen molar-refractivity contribution in [2.24, 2.45) is 0 Å². The van der Waals surface area contributed by atoms with E-state index in [1.165, 1.54) is 5.39 Å². The molecule has 3 aromatic rings.